The number of amides is 1. The third-order valence-electron chi connectivity index (χ3n) is 2.18. The molecule has 0 saturated heterocycles. The van der Waals surface area contributed by atoms with E-state index < -0.39 is 6.09 Å². The molecule has 1 N–H and O–H groups in total. The second-order valence-corrected chi connectivity index (χ2v) is 3.22. The zero-order valence-electron chi connectivity index (χ0n) is 8.81. The molecule has 1 amide bonds. The van der Waals surface area contributed by atoms with Crippen molar-refractivity contribution in [2.45, 2.75) is 0 Å². The monoisotopic (exact) mass is 215 g/mol. The number of carbonyl (C=O) groups excluding carboxylic acids is 1. The van der Waals surface area contributed by atoms with Gasteiger partial charge in [0, 0.05) is 12.1 Å². The predicted molar refractivity (Wildman–Crippen MR) is 59.8 cm³/mol. The first-order valence-electron chi connectivity index (χ1n) is 4.83. The number of nitrogens with one attached hydrogen (secondary N) is 1. The largest absolute Gasteiger partial charge is 0.453 e. The van der Waals surface area contributed by atoms with Crippen molar-refractivity contribution in [3.63, 3.8) is 0 Å². The fraction of sp³-hybridized carbons (Fsp3) is 0.0833. The number of aromatic nitrogens is 1. The smallest absolute Gasteiger partial charge is 0.412 e. The average Bonchev–Trinajstić information content (AvgIpc) is 2.83. The first kappa shape index (κ1) is 10.9. The highest BCUT2D eigenvalue weighted by atomic mass is 16.5. The summed E-state index contributed by atoms with van der Waals surface area (Å²) in [5, 5.41) is 2.49. The number of hydrogen-bond acceptors (Lipinski definition) is 3. The van der Waals surface area contributed by atoms with E-state index in [0.717, 1.165) is 11.5 Å². The molecule has 0 spiro atoms. The van der Waals surface area contributed by atoms with E-state index in [1.54, 1.807) is 12.3 Å². The van der Waals surface area contributed by atoms with Crippen LogP contribution in [0.2, 0.25) is 0 Å². The Labute approximate surface area is 95.0 Å². The van der Waals surface area contributed by atoms with Crippen molar-refractivity contribution in [3.8, 4) is 0 Å². The van der Waals surface area contributed by atoms with Crippen LogP contribution < -0.4 is 5.32 Å². The molecular formula is C12H11N2O2. The zero-order valence-corrected chi connectivity index (χ0v) is 8.81. The molecule has 16 heavy (non-hydrogen) atoms. The molecule has 0 aliphatic heterocycles. The molecule has 2 rings (SSSR count). The molecule has 81 valence electrons. The molecule has 5 radical (unpaired) electrons. The highest BCUT2D eigenvalue weighted by molar-refractivity contribution is 5.83. The Morgan fingerprint density at radius 3 is 2.62 bits per heavy atom. The second kappa shape index (κ2) is 4.96. The Hall–Kier alpha value is -1.58. The summed E-state index contributed by atoms with van der Waals surface area (Å²) in [6.07, 6.45) is 9.13. The van der Waals surface area contributed by atoms with Gasteiger partial charge in [0.15, 0.2) is 0 Å². The topological polar surface area (TPSA) is 51.2 Å². The number of nitrogens with zero attached hydrogens (tertiary/aromatic N) is 1. The van der Waals surface area contributed by atoms with Crippen LogP contribution in [0.3, 0.4) is 0 Å². The minimum atomic E-state index is -0.520. The summed E-state index contributed by atoms with van der Waals surface area (Å²) in [6, 6.07) is 3.63. The van der Waals surface area contributed by atoms with Gasteiger partial charge in [-0.1, -0.05) is 6.07 Å². The fourth-order valence-electron chi connectivity index (χ4n) is 1.36. The Balaban J connectivity index is 2.01. The lowest BCUT2D eigenvalue weighted by molar-refractivity contribution is 0.187. The van der Waals surface area contributed by atoms with Gasteiger partial charge in [0.2, 0.25) is 0 Å². The Bertz CT molecular complexity index is 356. The zero-order chi connectivity index (χ0) is 11.4. The number of ether oxygens (including phenoxy) is 1. The van der Waals surface area contributed by atoms with Gasteiger partial charge in [-0.2, -0.15) is 0 Å². The molecule has 1 heterocycles. The van der Waals surface area contributed by atoms with Crippen molar-refractivity contribution in [2.75, 3.05) is 12.4 Å². The Kier molecular flexibility index (Phi) is 3.39. The highest BCUT2D eigenvalue weighted by Gasteiger charge is 2.19. The molecule has 1 aliphatic carbocycles. The second-order valence-electron chi connectivity index (χ2n) is 3.22. The quantitative estimate of drug-likeness (QED) is 0.821. The van der Waals surface area contributed by atoms with Crippen LogP contribution in [0.4, 0.5) is 10.6 Å². The molecule has 1 fully saturated rings. The fourth-order valence-corrected chi connectivity index (χ4v) is 1.36. The van der Waals surface area contributed by atoms with Crippen LogP contribution in [0, 0.1) is 31.6 Å². The number of anilines is 1. The van der Waals surface area contributed by atoms with Crippen molar-refractivity contribution in [1.29, 1.82) is 0 Å². The maximum absolute atomic E-state index is 10.9. The lowest BCUT2D eigenvalue weighted by Crippen LogP contribution is -2.12. The number of carbonyl (C=O) groups is 1. The summed E-state index contributed by atoms with van der Waals surface area (Å²) in [5.74, 6) is 1.58. The summed E-state index contributed by atoms with van der Waals surface area (Å²) >= 11 is 0. The van der Waals surface area contributed by atoms with E-state index in [0.29, 0.717) is 5.82 Å². The van der Waals surface area contributed by atoms with E-state index >= 15 is 0 Å². The van der Waals surface area contributed by atoms with Crippen LogP contribution >= 0.6 is 0 Å². The standard InChI is InChI=1S/C12H11N2O2/c1-16-12(15)14-11-7-6-10(8-13-11)9-4-2-3-5-9/h2-8H,1H3,(H,13,14,15). The van der Waals surface area contributed by atoms with Crippen LogP contribution in [0.1, 0.15) is 5.56 Å². The van der Waals surface area contributed by atoms with Gasteiger partial charge in [-0.25, -0.2) is 9.78 Å². The van der Waals surface area contributed by atoms with Crippen LogP contribution in [0.15, 0.2) is 18.3 Å². The molecule has 0 atom stereocenters. The van der Waals surface area contributed by atoms with Gasteiger partial charge in [-0.15, -0.1) is 0 Å². The lowest BCUT2D eigenvalue weighted by atomic mass is 10.00. The first-order chi connectivity index (χ1) is 7.79. The molecule has 4 heteroatoms. The molecule has 1 aliphatic rings. The van der Waals surface area contributed by atoms with Crippen molar-refractivity contribution in [2.24, 2.45) is 0 Å². The molecule has 4 nitrogen and oxygen atoms in total. The summed E-state index contributed by atoms with van der Waals surface area (Å²) in [5.41, 5.74) is 1.01. The lowest BCUT2D eigenvalue weighted by Gasteiger charge is -2.08. The van der Waals surface area contributed by atoms with Gasteiger partial charge in [0.25, 0.3) is 0 Å². The minimum Gasteiger partial charge on any atom is -0.453 e. The van der Waals surface area contributed by atoms with Crippen molar-refractivity contribution < 1.29 is 9.53 Å². The molecule has 0 bridgehead atoms. The maximum atomic E-state index is 10.9. The SMILES string of the molecule is COC(=O)Nc1ccc([C]2[CH][CH][CH][CH]2)cn1. The van der Waals surface area contributed by atoms with Gasteiger partial charge in [0.05, 0.1) is 7.11 Å². The number of hydrogen-bond donors (Lipinski definition) is 1. The molecule has 1 aromatic rings. The van der Waals surface area contributed by atoms with Crippen LogP contribution in [-0.2, 0) is 4.74 Å². The Morgan fingerprint density at radius 2 is 2.06 bits per heavy atom. The van der Waals surface area contributed by atoms with E-state index in [9.17, 15) is 4.79 Å². The van der Waals surface area contributed by atoms with Gasteiger partial charge in [0.1, 0.15) is 5.82 Å². The van der Waals surface area contributed by atoms with E-state index in [2.05, 4.69) is 15.0 Å². The van der Waals surface area contributed by atoms with Gasteiger partial charge >= 0.3 is 6.09 Å². The van der Waals surface area contributed by atoms with Crippen LogP contribution in [0.25, 0.3) is 0 Å². The Morgan fingerprint density at radius 1 is 1.31 bits per heavy atom. The predicted octanol–water partition coefficient (Wildman–Crippen LogP) is 2.01. The number of pyridine rings is 1. The molecule has 0 unspecified atom stereocenters. The van der Waals surface area contributed by atoms with Crippen LogP contribution in [0.5, 0.6) is 0 Å². The third-order valence-corrected chi connectivity index (χ3v) is 2.18. The summed E-state index contributed by atoms with van der Waals surface area (Å²) < 4.78 is 4.47. The summed E-state index contributed by atoms with van der Waals surface area (Å²) in [4.78, 5) is 15.0. The average molecular weight is 215 g/mol. The molecule has 0 aromatic carbocycles. The first-order valence-corrected chi connectivity index (χ1v) is 4.83. The van der Waals surface area contributed by atoms with Crippen molar-refractivity contribution >= 4 is 11.9 Å². The molecule has 1 aromatic heterocycles. The normalized spacial score (nSPS) is 16.1. The maximum Gasteiger partial charge on any atom is 0.412 e. The summed E-state index contributed by atoms with van der Waals surface area (Å²) in [7, 11) is 1.31. The highest BCUT2D eigenvalue weighted by Crippen LogP contribution is 2.29. The van der Waals surface area contributed by atoms with Gasteiger partial charge in [-0.3, -0.25) is 5.32 Å². The summed E-state index contributed by atoms with van der Waals surface area (Å²) in [6.45, 7) is 0. The van der Waals surface area contributed by atoms with E-state index in [1.807, 2.05) is 31.7 Å². The van der Waals surface area contributed by atoms with Crippen molar-refractivity contribution in [3.05, 3.63) is 55.5 Å². The minimum absolute atomic E-state index is 0.474. The number of rotatable bonds is 2. The van der Waals surface area contributed by atoms with Crippen LogP contribution in [-0.4, -0.2) is 18.2 Å². The van der Waals surface area contributed by atoms with Crippen molar-refractivity contribution in [1.82, 2.24) is 4.98 Å². The van der Waals surface area contributed by atoms with Gasteiger partial charge in [-0.05, 0) is 37.3 Å². The van der Waals surface area contributed by atoms with E-state index in [-0.39, 0.29) is 0 Å². The number of methoxy groups -OCH3 is 1. The van der Waals surface area contributed by atoms with E-state index in [4.69, 9.17) is 0 Å². The van der Waals surface area contributed by atoms with Gasteiger partial charge < -0.3 is 4.74 Å². The van der Waals surface area contributed by atoms with E-state index in [1.165, 1.54) is 7.11 Å². The third kappa shape index (κ3) is 2.51. The molecular weight excluding hydrogens is 204 g/mol. The molecule has 1 saturated carbocycles.